The summed E-state index contributed by atoms with van der Waals surface area (Å²) in [5, 5.41) is 13.2. The number of hydrogen-bond acceptors (Lipinski definition) is 4. The van der Waals surface area contributed by atoms with Gasteiger partial charge in [0.05, 0.1) is 11.2 Å². The molecule has 2 aromatic rings. The molecule has 4 N–H and O–H groups in total. The average molecular weight is 313 g/mol. The van der Waals surface area contributed by atoms with Crippen LogP contribution in [0.4, 0.5) is 5.69 Å². The molecule has 23 heavy (non-hydrogen) atoms. The number of carboxylic acid groups (broad SMARTS) is 1. The van der Waals surface area contributed by atoms with Crippen LogP contribution < -0.4 is 11.1 Å². The molecule has 6 nitrogen and oxygen atoms in total. The Labute approximate surface area is 133 Å². The van der Waals surface area contributed by atoms with Crippen molar-refractivity contribution in [3.05, 3.63) is 36.5 Å². The predicted molar refractivity (Wildman–Crippen MR) is 86.9 cm³/mol. The van der Waals surface area contributed by atoms with Gasteiger partial charge in [0.2, 0.25) is 5.91 Å². The van der Waals surface area contributed by atoms with Crippen LogP contribution in [0.15, 0.2) is 36.5 Å². The summed E-state index contributed by atoms with van der Waals surface area (Å²) in [6, 6.07) is 9.07. The number of nitrogens with zero attached hydrogens (tertiary/aromatic N) is 1. The highest BCUT2D eigenvalue weighted by Crippen LogP contribution is 2.38. The molecule has 1 saturated carbocycles. The van der Waals surface area contributed by atoms with Crippen LogP contribution >= 0.6 is 0 Å². The minimum Gasteiger partial charge on any atom is -0.480 e. The van der Waals surface area contributed by atoms with Crippen molar-refractivity contribution in [2.75, 3.05) is 5.32 Å². The van der Waals surface area contributed by atoms with E-state index >= 15 is 0 Å². The van der Waals surface area contributed by atoms with Gasteiger partial charge in [-0.15, -0.1) is 0 Å². The largest absolute Gasteiger partial charge is 0.480 e. The maximum Gasteiger partial charge on any atom is 0.319 e. The van der Waals surface area contributed by atoms with Crippen LogP contribution in [0.2, 0.25) is 0 Å². The molecule has 0 radical (unpaired) electrons. The van der Waals surface area contributed by atoms with Crippen LogP contribution in [0.25, 0.3) is 10.9 Å². The molecule has 6 heteroatoms. The smallest absolute Gasteiger partial charge is 0.319 e. The van der Waals surface area contributed by atoms with Crippen molar-refractivity contribution in [3.8, 4) is 0 Å². The summed E-state index contributed by atoms with van der Waals surface area (Å²) in [5.41, 5.74) is 5.78. The Bertz CT molecular complexity index is 746. The topological polar surface area (TPSA) is 105 Å². The zero-order chi connectivity index (χ0) is 16.4. The fourth-order valence-corrected chi connectivity index (χ4v) is 3.12. The van der Waals surface area contributed by atoms with E-state index in [1.54, 1.807) is 12.3 Å². The van der Waals surface area contributed by atoms with Gasteiger partial charge < -0.3 is 16.2 Å². The van der Waals surface area contributed by atoms with Crippen molar-refractivity contribution in [2.45, 2.75) is 31.7 Å². The maximum absolute atomic E-state index is 12.7. The minimum atomic E-state index is -1.40. The number of carbonyl (C=O) groups is 2. The van der Waals surface area contributed by atoms with E-state index in [4.69, 9.17) is 5.73 Å². The number of anilines is 1. The first-order valence-electron chi connectivity index (χ1n) is 7.67. The van der Waals surface area contributed by atoms with E-state index in [9.17, 15) is 14.7 Å². The van der Waals surface area contributed by atoms with Crippen molar-refractivity contribution in [2.24, 2.45) is 11.1 Å². The molecule has 1 amide bonds. The molecule has 1 aromatic carbocycles. The molecule has 0 spiro atoms. The van der Waals surface area contributed by atoms with Crippen molar-refractivity contribution in [1.29, 1.82) is 0 Å². The Balaban J connectivity index is 1.91. The summed E-state index contributed by atoms with van der Waals surface area (Å²) < 4.78 is 0. The third-order valence-electron chi connectivity index (χ3n) is 4.63. The lowest BCUT2D eigenvalue weighted by Gasteiger charge is -2.34. The van der Waals surface area contributed by atoms with E-state index in [0.29, 0.717) is 18.5 Å². The number of benzene rings is 1. The summed E-state index contributed by atoms with van der Waals surface area (Å²) in [7, 11) is 0. The molecule has 1 aliphatic carbocycles. The number of carboxylic acids is 1. The van der Waals surface area contributed by atoms with Gasteiger partial charge in [0.25, 0.3) is 0 Å². The first kappa shape index (κ1) is 15.4. The van der Waals surface area contributed by atoms with E-state index in [-0.39, 0.29) is 18.9 Å². The highest BCUT2D eigenvalue weighted by Gasteiger charge is 2.48. The van der Waals surface area contributed by atoms with Gasteiger partial charge in [0, 0.05) is 17.6 Å². The molecule has 0 saturated heterocycles. The molecule has 1 aromatic heterocycles. The fraction of sp³-hybridized carbons (Fsp3) is 0.353. The second-order valence-corrected chi connectivity index (χ2v) is 6.05. The van der Waals surface area contributed by atoms with Crippen LogP contribution in [-0.4, -0.2) is 28.0 Å². The number of amides is 1. The van der Waals surface area contributed by atoms with Crippen molar-refractivity contribution >= 4 is 28.5 Å². The van der Waals surface area contributed by atoms with Gasteiger partial charge in [0.1, 0.15) is 5.41 Å². The Morgan fingerprint density at radius 3 is 2.61 bits per heavy atom. The van der Waals surface area contributed by atoms with Gasteiger partial charge in [-0.3, -0.25) is 14.6 Å². The molecule has 3 rings (SSSR count). The Hall–Kier alpha value is -2.47. The van der Waals surface area contributed by atoms with Gasteiger partial charge in [-0.05, 0) is 37.8 Å². The van der Waals surface area contributed by atoms with Gasteiger partial charge in [-0.1, -0.05) is 18.2 Å². The number of aliphatic carboxylic acids is 1. The highest BCUT2D eigenvalue weighted by molar-refractivity contribution is 6.11. The highest BCUT2D eigenvalue weighted by atomic mass is 16.4. The van der Waals surface area contributed by atoms with Crippen molar-refractivity contribution in [3.63, 3.8) is 0 Å². The van der Waals surface area contributed by atoms with E-state index < -0.39 is 17.3 Å². The molecule has 0 aliphatic heterocycles. The van der Waals surface area contributed by atoms with Gasteiger partial charge >= 0.3 is 5.97 Å². The number of hydrogen-bond donors (Lipinski definition) is 3. The Morgan fingerprint density at radius 2 is 1.91 bits per heavy atom. The number of carbonyl (C=O) groups excluding carboxylic acids is 1. The quantitative estimate of drug-likeness (QED) is 0.753. The van der Waals surface area contributed by atoms with Crippen LogP contribution in [-0.2, 0) is 9.59 Å². The van der Waals surface area contributed by atoms with Gasteiger partial charge in [-0.25, -0.2) is 0 Å². The number of fused-ring (bicyclic) bond motifs is 1. The van der Waals surface area contributed by atoms with Crippen molar-refractivity contribution in [1.82, 2.24) is 4.98 Å². The number of nitrogens with two attached hydrogens (primary N) is 1. The zero-order valence-electron chi connectivity index (χ0n) is 12.7. The van der Waals surface area contributed by atoms with E-state index in [1.807, 2.05) is 24.3 Å². The predicted octanol–water partition coefficient (Wildman–Crippen LogP) is 2.15. The summed E-state index contributed by atoms with van der Waals surface area (Å²) in [6.07, 6.45) is 3.20. The number of rotatable bonds is 3. The molecule has 0 bridgehead atoms. The van der Waals surface area contributed by atoms with Crippen LogP contribution in [0.1, 0.15) is 25.7 Å². The molecule has 1 fully saturated rings. The van der Waals surface area contributed by atoms with E-state index in [1.165, 1.54) is 0 Å². The van der Waals surface area contributed by atoms with E-state index in [0.717, 1.165) is 10.9 Å². The zero-order valence-corrected chi connectivity index (χ0v) is 12.7. The summed E-state index contributed by atoms with van der Waals surface area (Å²) in [4.78, 5) is 28.7. The number of aromatic nitrogens is 1. The van der Waals surface area contributed by atoms with Crippen LogP contribution in [0.5, 0.6) is 0 Å². The molecular weight excluding hydrogens is 294 g/mol. The maximum atomic E-state index is 12.7. The first-order valence-corrected chi connectivity index (χ1v) is 7.67. The lowest BCUT2D eigenvalue weighted by Crippen LogP contribution is -2.47. The third-order valence-corrected chi connectivity index (χ3v) is 4.63. The summed E-state index contributed by atoms with van der Waals surface area (Å²) in [6.45, 7) is 0. The molecule has 1 aliphatic rings. The summed E-state index contributed by atoms with van der Waals surface area (Å²) in [5.74, 6) is -1.56. The second kappa shape index (κ2) is 5.96. The third kappa shape index (κ3) is 2.77. The fourth-order valence-electron chi connectivity index (χ4n) is 3.12. The first-order chi connectivity index (χ1) is 11.0. The average Bonchev–Trinajstić information content (AvgIpc) is 2.56. The lowest BCUT2D eigenvalue weighted by molar-refractivity contribution is -0.156. The SMILES string of the molecule is NC1CCC(C(=O)O)(C(=O)Nc2ccnc3ccccc23)CC1. The standard InChI is InChI=1S/C17H19N3O3/c18-11-5-8-17(9-6-11,16(22)23)15(21)20-14-7-10-19-13-4-2-1-3-12(13)14/h1-4,7,10-11H,5-6,8-9,18H2,(H,22,23)(H,19,20,21). The molecule has 0 unspecified atom stereocenters. The second-order valence-electron chi connectivity index (χ2n) is 6.05. The molecule has 120 valence electrons. The molecule has 0 atom stereocenters. The summed E-state index contributed by atoms with van der Waals surface area (Å²) >= 11 is 0. The Kier molecular flexibility index (Phi) is 4.00. The number of pyridine rings is 1. The van der Waals surface area contributed by atoms with Crippen LogP contribution in [0, 0.1) is 5.41 Å². The van der Waals surface area contributed by atoms with E-state index in [2.05, 4.69) is 10.3 Å². The monoisotopic (exact) mass is 313 g/mol. The number of para-hydroxylation sites is 1. The number of nitrogens with one attached hydrogen (secondary N) is 1. The van der Waals surface area contributed by atoms with Crippen LogP contribution in [0.3, 0.4) is 0 Å². The normalized spacial score (nSPS) is 24.3. The molecule has 1 heterocycles. The van der Waals surface area contributed by atoms with Gasteiger partial charge in [0.15, 0.2) is 0 Å². The minimum absolute atomic E-state index is 0.0305. The lowest BCUT2D eigenvalue weighted by atomic mass is 9.72. The Morgan fingerprint density at radius 1 is 1.22 bits per heavy atom. The molecular formula is C17H19N3O3. The van der Waals surface area contributed by atoms with Gasteiger partial charge in [-0.2, -0.15) is 0 Å². The van der Waals surface area contributed by atoms with Crippen molar-refractivity contribution < 1.29 is 14.7 Å².